The van der Waals surface area contributed by atoms with Crippen LogP contribution in [0.25, 0.3) is 0 Å². The Morgan fingerprint density at radius 1 is 0.741 bits per heavy atom. The molecule has 6 heteroatoms. The Hall–Kier alpha value is -0.520. The van der Waals surface area contributed by atoms with Crippen LogP contribution in [0.2, 0.25) is 0 Å². The molecule has 0 saturated carbocycles. The molecule has 0 fully saturated rings. The average molecular weight is 393 g/mol. The molecule has 0 aromatic heterocycles. The number of ether oxygens (including phenoxy) is 2. The third-order valence-corrected chi connectivity index (χ3v) is 4.45. The molecule has 0 bridgehead atoms. The van der Waals surface area contributed by atoms with E-state index in [1.54, 1.807) is 6.92 Å². The van der Waals surface area contributed by atoms with Crippen molar-refractivity contribution in [3.63, 3.8) is 0 Å². The van der Waals surface area contributed by atoms with E-state index in [4.69, 9.17) is 0 Å². The molecule has 0 amide bonds. The fourth-order valence-electron chi connectivity index (χ4n) is 2.89. The molecular formula is C21H37NaO5. The molecule has 0 unspecified atom stereocenters. The third kappa shape index (κ3) is 15.1. The van der Waals surface area contributed by atoms with E-state index in [1.165, 1.54) is 64.9 Å². The van der Waals surface area contributed by atoms with E-state index in [1.807, 2.05) is 0 Å². The first-order chi connectivity index (χ1) is 12.6. The topological polar surface area (TPSA) is 75.7 Å². The van der Waals surface area contributed by atoms with Gasteiger partial charge in [-0.1, -0.05) is 77.6 Å². The largest absolute Gasteiger partial charge is 1.00 e. The minimum absolute atomic E-state index is 0. The molecule has 0 N–H and O–H groups in total. The first-order valence-corrected chi connectivity index (χ1v) is 10.2. The zero-order valence-corrected chi connectivity index (χ0v) is 19.9. The Morgan fingerprint density at radius 2 is 1.19 bits per heavy atom. The zero-order chi connectivity index (χ0) is 19.6. The van der Waals surface area contributed by atoms with Crippen LogP contribution in [0.4, 0.5) is 0 Å². The van der Waals surface area contributed by atoms with Gasteiger partial charge in [0.05, 0.1) is 13.7 Å². The van der Waals surface area contributed by atoms with Crippen molar-refractivity contribution in [3.8, 4) is 0 Å². The number of unbranched alkanes of at least 4 members (excludes halogenated alkanes) is 11. The molecule has 0 aromatic rings. The van der Waals surface area contributed by atoms with Crippen molar-refractivity contribution in [2.24, 2.45) is 0 Å². The first-order valence-electron chi connectivity index (χ1n) is 10.2. The number of carbonyl (C=O) groups excluding carboxylic acids is 2. The summed E-state index contributed by atoms with van der Waals surface area (Å²) in [7, 11) is 1.21. The Bertz CT molecular complexity index is 421. The Labute approximate surface area is 187 Å². The van der Waals surface area contributed by atoms with Gasteiger partial charge in [-0.15, -0.1) is 0 Å². The van der Waals surface area contributed by atoms with Crippen LogP contribution in [-0.4, -0.2) is 25.7 Å². The van der Waals surface area contributed by atoms with Crippen molar-refractivity contribution in [2.75, 3.05) is 13.7 Å². The fourth-order valence-corrected chi connectivity index (χ4v) is 2.89. The van der Waals surface area contributed by atoms with Crippen LogP contribution in [-0.2, 0) is 19.1 Å². The normalized spacial score (nSPS) is 11.4. The summed E-state index contributed by atoms with van der Waals surface area (Å²) in [6.45, 7) is 3.96. The van der Waals surface area contributed by atoms with E-state index in [0.29, 0.717) is 6.42 Å². The summed E-state index contributed by atoms with van der Waals surface area (Å²) in [5, 5.41) is 12.0. The van der Waals surface area contributed by atoms with Gasteiger partial charge in [-0.2, -0.15) is 0 Å². The molecule has 0 aliphatic rings. The van der Waals surface area contributed by atoms with Crippen LogP contribution < -0.4 is 34.7 Å². The van der Waals surface area contributed by atoms with Crippen LogP contribution in [0.5, 0.6) is 0 Å². The maximum atomic E-state index is 12.0. The molecule has 0 aliphatic heterocycles. The summed E-state index contributed by atoms with van der Waals surface area (Å²) < 4.78 is 9.29. The van der Waals surface area contributed by atoms with Crippen LogP contribution in [0, 0.1) is 0 Å². The van der Waals surface area contributed by atoms with Crippen LogP contribution >= 0.6 is 0 Å². The zero-order valence-electron chi connectivity index (χ0n) is 17.9. The number of rotatable bonds is 16. The monoisotopic (exact) mass is 392 g/mol. The van der Waals surface area contributed by atoms with Crippen molar-refractivity contribution in [1.82, 2.24) is 0 Å². The second-order valence-electron chi connectivity index (χ2n) is 6.66. The molecule has 0 saturated heterocycles. The molecule has 0 rings (SSSR count). The van der Waals surface area contributed by atoms with Crippen molar-refractivity contribution in [2.45, 2.75) is 97.3 Å². The average Bonchev–Trinajstić information content (AvgIpc) is 2.64. The van der Waals surface area contributed by atoms with Gasteiger partial charge in [0.15, 0.2) is 0 Å². The van der Waals surface area contributed by atoms with Gasteiger partial charge in [0.2, 0.25) is 0 Å². The number of hydrogen-bond donors (Lipinski definition) is 0. The van der Waals surface area contributed by atoms with Crippen molar-refractivity contribution in [1.29, 1.82) is 0 Å². The molecule has 0 spiro atoms. The van der Waals surface area contributed by atoms with Gasteiger partial charge in [-0.05, 0) is 25.5 Å². The molecule has 152 valence electrons. The number of methoxy groups -OCH3 is 1. The first kappa shape index (κ1) is 28.7. The third-order valence-electron chi connectivity index (χ3n) is 4.45. The molecule has 0 aliphatic carbocycles. The minimum Gasteiger partial charge on any atom is -0.867 e. The second-order valence-corrected chi connectivity index (χ2v) is 6.66. The predicted octanol–water partition coefficient (Wildman–Crippen LogP) is 1.43. The van der Waals surface area contributed by atoms with Crippen molar-refractivity contribution < 1.29 is 53.7 Å². The van der Waals surface area contributed by atoms with Crippen molar-refractivity contribution >= 4 is 11.9 Å². The van der Waals surface area contributed by atoms with Gasteiger partial charge in [-0.3, -0.25) is 0 Å². The Kier molecular flexibility index (Phi) is 21.5. The summed E-state index contributed by atoms with van der Waals surface area (Å²) in [5.74, 6) is -2.58. The molecule has 0 heterocycles. The van der Waals surface area contributed by atoms with Crippen LogP contribution in [0.1, 0.15) is 97.3 Å². The summed E-state index contributed by atoms with van der Waals surface area (Å²) in [6, 6.07) is 0. The van der Waals surface area contributed by atoms with Crippen LogP contribution in [0.15, 0.2) is 11.3 Å². The number of esters is 2. The van der Waals surface area contributed by atoms with E-state index in [9.17, 15) is 14.7 Å². The Morgan fingerprint density at radius 3 is 1.59 bits per heavy atom. The van der Waals surface area contributed by atoms with Gasteiger partial charge >= 0.3 is 41.5 Å². The van der Waals surface area contributed by atoms with Gasteiger partial charge in [-0.25, -0.2) is 9.59 Å². The van der Waals surface area contributed by atoms with Gasteiger partial charge in [0.25, 0.3) is 0 Å². The predicted molar refractivity (Wildman–Crippen MR) is 101 cm³/mol. The van der Waals surface area contributed by atoms with Crippen molar-refractivity contribution in [3.05, 3.63) is 11.3 Å². The Balaban J connectivity index is 0. The van der Waals surface area contributed by atoms with Gasteiger partial charge in [0.1, 0.15) is 0 Å². The van der Waals surface area contributed by atoms with Gasteiger partial charge in [0, 0.05) is 5.57 Å². The van der Waals surface area contributed by atoms with E-state index in [2.05, 4.69) is 16.4 Å². The van der Waals surface area contributed by atoms with E-state index >= 15 is 0 Å². The SMILES string of the molecule is CCCCCCCCCCCCCC/C(C(=O)OC)=C(/[O-])C(=O)OCC.[Na+]. The molecule has 0 aromatic carbocycles. The maximum absolute atomic E-state index is 12.0. The summed E-state index contributed by atoms with van der Waals surface area (Å²) in [6.07, 6.45) is 14.7. The molecule has 0 radical (unpaired) electrons. The molecule has 0 atom stereocenters. The minimum atomic E-state index is -0.980. The summed E-state index contributed by atoms with van der Waals surface area (Å²) in [4.78, 5) is 23.2. The number of carbonyl (C=O) groups is 2. The maximum Gasteiger partial charge on any atom is 1.00 e. The quantitative estimate of drug-likeness (QED) is 0.131. The molecule has 5 nitrogen and oxygen atoms in total. The van der Waals surface area contributed by atoms with E-state index in [-0.39, 0.29) is 48.2 Å². The van der Waals surface area contributed by atoms with E-state index in [0.717, 1.165) is 12.8 Å². The standard InChI is InChI=1S/C21H38O5.Na/c1-4-6-7-8-9-10-11-12-13-14-15-16-17-18(20(23)25-3)19(22)21(24)26-5-2;/h22H,4-17H2,1-3H3;/q;+1/p-1/b19-18-;. The smallest absolute Gasteiger partial charge is 0.867 e. The van der Waals surface area contributed by atoms with Crippen LogP contribution in [0.3, 0.4) is 0 Å². The van der Waals surface area contributed by atoms with E-state index < -0.39 is 17.7 Å². The fraction of sp³-hybridized carbons (Fsp3) is 0.810. The number of hydrogen-bond acceptors (Lipinski definition) is 5. The second kappa shape index (κ2) is 20.2. The molecule has 27 heavy (non-hydrogen) atoms. The molecular weight excluding hydrogens is 355 g/mol. The summed E-state index contributed by atoms with van der Waals surface area (Å²) in [5.41, 5.74) is -0.0990. The summed E-state index contributed by atoms with van der Waals surface area (Å²) >= 11 is 0. The van der Waals surface area contributed by atoms with Gasteiger partial charge < -0.3 is 14.6 Å².